The summed E-state index contributed by atoms with van der Waals surface area (Å²) in [7, 11) is 0. The van der Waals surface area contributed by atoms with Crippen molar-refractivity contribution in [3.05, 3.63) is 77.9 Å². The molecule has 0 bridgehead atoms. The molecule has 122 valence electrons. The number of nitrogens with one attached hydrogen (secondary N) is 1. The number of ether oxygens (including phenoxy) is 1. The van der Waals surface area contributed by atoms with E-state index in [1.165, 1.54) is 10.8 Å². The highest BCUT2D eigenvalue weighted by Crippen LogP contribution is 2.20. The molecule has 0 heterocycles. The predicted octanol–water partition coefficient (Wildman–Crippen LogP) is 4.40. The molecule has 3 nitrogen and oxygen atoms in total. The molecule has 1 N–H and O–H groups in total. The van der Waals surface area contributed by atoms with Crippen molar-refractivity contribution in [3.63, 3.8) is 0 Å². The molecule has 0 fully saturated rings. The molecule has 3 aromatic carbocycles. The molecule has 0 spiro atoms. The lowest BCUT2D eigenvalue weighted by molar-refractivity contribution is -0.123. The fourth-order valence-corrected chi connectivity index (χ4v) is 2.63. The van der Waals surface area contributed by atoms with E-state index in [-0.39, 0.29) is 18.6 Å². The second-order valence-electron chi connectivity index (χ2n) is 6.00. The molecule has 0 aromatic heterocycles. The number of amides is 1. The normalized spacial score (nSPS) is 11.9. The number of carbonyl (C=O) groups excluding carboxylic acids is 1. The molecular formula is C21H21NO2. The van der Waals surface area contributed by atoms with Crippen LogP contribution in [0.5, 0.6) is 5.75 Å². The molecule has 1 amide bonds. The second kappa shape index (κ2) is 7.18. The van der Waals surface area contributed by atoms with Gasteiger partial charge in [0.1, 0.15) is 5.75 Å². The van der Waals surface area contributed by atoms with Crippen LogP contribution in [-0.2, 0) is 4.79 Å². The van der Waals surface area contributed by atoms with Crippen LogP contribution in [0.2, 0.25) is 0 Å². The smallest absolute Gasteiger partial charge is 0.258 e. The molecule has 0 unspecified atom stereocenters. The topological polar surface area (TPSA) is 38.3 Å². The van der Waals surface area contributed by atoms with Gasteiger partial charge in [0.2, 0.25) is 0 Å². The van der Waals surface area contributed by atoms with Crippen molar-refractivity contribution >= 4 is 16.7 Å². The number of aryl methyl sites for hydroxylation is 1. The van der Waals surface area contributed by atoms with E-state index in [0.29, 0.717) is 5.75 Å². The van der Waals surface area contributed by atoms with Gasteiger partial charge in [0.15, 0.2) is 6.61 Å². The lowest BCUT2D eigenvalue weighted by Crippen LogP contribution is -2.31. The van der Waals surface area contributed by atoms with Crippen LogP contribution >= 0.6 is 0 Å². The first-order valence-electron chi connectivity index (χ1n) is 8.09. The minimum atomic E-state index is -0.128. The summed E-state index contributed by atoms with van der Waals surface area (Å²) in [5.74, 6) is 0.574. The van der Waals surface area contributed by atoms with Crippen LogP contribution in [-0.4, -0.2) is 12.5 Å². The molecule has 3 aromatic rings. The summed E-state index contributed by atoms with van der Waals surface area (Å²) in [6.45, 7) is 4.01. The summed E-state index contributed by atoms with van der Waals surface area (Å²) in [4.78, 5) is 12.1. The third-order valence-corrected chi connectivity index (χ3v) is 4.04. The second-order valence-corrected chi connectivity index (χ2v) is 6.00. The number of fused-ring (bicyclic) bond motifs is 1. The Morgan fingerprint density at radius 2 is 1.71 bits per heavy atom. The summed E-state index contributed by atoms with van der Waals surface area (Å²) in [5, 5.41) is 5.35. The summed E-state index contributed by atoms with van der Waals surface area (Å²) >= 11 is 0. The van der Waals surface area contributed by atoms with Crippen LogP contribution in [0.1, 0.15) is 24.1 Å². The number of hydrogen-bond donors (Lipinski definition) is 1. The quantitative estimate of drug-likeness (QED) is 0.757. The predicted molar refractivity (Wildman–Crippen MR) is 97.2 cm³/mol. The van der Waals surface area contributed by atoms with E-state index in [0.717, 1.165) is 11.1 Å². The molecule has 24 heavy (non-hydrogen) atoms. The van der Waals surface area contributed by atoms with Gasteiger partial charge in [-0.2, -0.15) is 0 Å². The van der Waals surface area contributed by atoms with E-state index in [1.54, 1.807) is 0 Å². The largest absolute Gasteiger partial charge is 0.484 e. The third-order valence-electron chi connectivity index (χ3n) is 4.04. The summed E-state index contributed by atoms with van der Waals surface area (Å²) in [6.07, 6.45) is 0. The van der Waals surface area contributed by atoms with Gasteiger partial charge in [-0.1, -0.05) is 54.1 Å². The van der Waals surface area contributed by atoms with Crippen LogP contribution < -0.4 is 10.1 Å². The van der Waals surface area contributed by atoms with Crippen LogP contribution in [0.25, 0.3) is 10.8 Å². The van der Waals surface area contributed by atoms with Gasteiger partial charge >= 0.3 is 0 Å². The zero-order valence-electron chi connectivity index (χ0n) is 14.0. The molecule has 0 aliphatic heterocycles. The van der Waals surface area contributed by atoms with Crippen molar-refractivity contribution in [1.29, 1.82) is 0 Å². The molecule has 0 radical (unpaired) electrons. The molecule has 0 saturated carbocycles. The van der Waals surface area contributed by atoms with Gasteiger partial charge in [-0.3, -0.25) is 4.79 Å². The Morgan fingerprint density at radius 1 is 1.00 bits per heavy atom. The Labute approximate surface area is 142 Å². The minimum absolute atomic E-state index is 0.0149. The van der Waals surface area contributed by atoms with Crippen molar-refractivity contribution in [3.8, 4) is 5.75 Å². The number of rotatable bonds is 5. The van der Waals surface area contributed by atoms with Gasteiger partial charge in [-0.05, 0) is 48.4 Å². The van der Waals surface area contributed by atoms with Crippen molar-refractivity contribution < 1.29 is 9.53 Å². The molecule has 3 rings (SSSR count). The Morgan fingerprint density at radius 3 is 2.46 bits per heavy atom. The summed E-state index contributed by atoms with van der Waals surface area (Å²) in [5.41, 5.74) is 2.24. The molecular weight excluding hydrogens is 298 g/mol. The van der Waals surface area contributed by atoms with Crippen molar-refractivity contribution in [2.24, 2.45) is 0 Å². The average molecular weight is 319 g/mol. The van der Waals surface area contributed by atoms with Crippen molar-refractivity contribution in [2.75, 3.05) is 6.61 Å². The van der Waals surface area contributed by atoms with Crippen LogP contribution in [0.3, 0.4) is 0 Å². The Bertz CT molecular complexity index is 840. The lowest BCUT2D eigenvalue weighted by atomic mass is 10.0. The number of hydrogen-bond acceptors (Lipinski definition) is 2. The highest BCUT2D eigenvalue weighted by Gasteiger charge is 2.10. The molecule has 1 atom stereocenters. The summed E-state index contributed by atoms with van der Waals surface area (Å²) < 4.78 is 5.52. The number of benzene rings is 3. The maximum absolute atomic E-state index is 12.1. The Kier molecular flexibility index (Phi) is 4.80. The van der Waals surface area contributed by atoms with Crippen molar-refractivity contribution in [2.45, 2.75) is 19.9 Å². The standard InChI is InChI=1S/C21H21NO2/c1-15-7-11-20(12-8-15)24-14-21(23)22-16(2)18-10-9-17-5-3-4-6-19(17)13-18/h3-13,16H,14H2,1-2H3,(H,22,23)/t16-/m0/s1. The molecule has 3 heteroatoms. The van der Waals surface area contributed by atoms with E-state index in [1.807, 2.05) is 56.3 Å². The zero-order valence-corrected chi connectivity index (χ0v) is 14.0. The van der Waals surface area contributed by atoms with Crippen LogP contribution in [0, 0.1) is 6.92 Å². The van der Waals surface area contributed by atoms with E-state index in [2.05, 4.69) is 29.6 Å². The first-order chi connectivity index (χ1) is 11.6. The Hall–Kier alpha value is -2.81. The van der Waals surface area contributed by atoms with Crippen molar-refractivity contribution in [1.82, 2.24) is 5.32 Å². The maximum Gasteiger partial charge on any atom is 0.258 e. The Balaban J connectivity index is 1.59. The minimum Gasteiger partial charge on any atom is -0.484 e. The molecule has 0 saturated heterocycles. The maximum atomic E-state index is 12.1. The lowest BCUT2D eigenvalue weighted by Gasteiger charge is -2.15. The van der Waals surface area contributed by atoms with Gasteiger partial charge in [0.25, 0.3) is 5.91 Å². The van der Waals surface area contributed by atoms with Crippen LogP contribution in [0.15, 0.2) is 66.7 Å². The van der Waals surface area contributed by atoms with Gasteiger partial charge in [-0.25, -0.2) is 0 Å². The van der Waals surface area contributed by atoms with E-state index in [9.17, 15) is 4.79 Å². The average Bonchev–Trinajstić information content (AvgIpc) is 2.61. The SMILES string of the molecule is Cc1ccc(OCC(=O)N[C@@H](C)c2ccc3ccccc3c2)cc1. The van der Waals surface area contributed by atoms with Gasteiger partial charge in [0.05, 0.1) is 6.04 Å². The zero-order chi connectivity index (χ0) is 16.9. The first-order valence-corrected chi connectivity index (χ1v) is 8.09. The third kappa shape index (κ3) is 3.93. The first kappa shape index (κ1) is 16.1. The monoisotopic (exact) mass is 319 g/mol. The van der Waals surface area contributed by atoms with E-state index in [4.69, 9.17) is 4.74 Å². The molecule has 0 aliphatic rings. The highest BCUT2D eigenvalue weighted by molar-refractivity contribution is 5.83. The van der Waals surface area contributed by atoms with Gasteiger partial charge < -0.3 is 10.1 Å². The van der Waals surface area contributed by atoms with E-state index >= 15 is 0 Å². The molecule has 0 aliphatic carbocycles. The fourth-order valence-electron chi connectivity index (χ4n) is 2.63. The van der Waals surface area contributed by atoms with Gasteiger partial charge in [0, 0.05) is 0 Å². The number of carbonyl (C=O) groups is 1. The fraction of sp³-hybridized carbons (Fsp3) is 0.190. The van der Waals surface area contributed by atoms with Crippen LogP contribution in [0.4, 0.5) is 0 Å². The van der Waals surface area contributed by atoms with E-state index < -0.39 is 0 Å². The highest BCUT2D eigenvalue weighted by atomic mass is 16.5. The summed E-state index contributed by atoms with van der Waals surface area (Å²) in [6, 6.07) is 22.0. The van der Waals surface area contributed by atoms with Gasteiger partial charge in [-0.15, -0.1) is 0 Å².